The largest absolute Gasteiger partial charge is 0.397 e. The van der Waals surface area contributed by atoms with E-state index in [1.54, 1.807) is 0 Å². The fourth-order valence-corrected chi connectivity index (χ4v) is 1.04. The van der Waals surface area contributed by atoms with Crippen LogP contribution in [0.5, 0.6) is 0 Å². The van der Waals surface area contributed by atoms with Crippen molar-refractivity contribution in [3.05, 3.63) is 23.8 Å². The fraction of sp³-hybridized carbons (Fsp3) is 0.125. The lowest BCUT2D eigenvalue weighted by atomic mass is 10.2. The normalized spacial score (nSPS) is 9.42. The highest BCUT2D eigenvalue weighted by Crippen LogP contribution is 2.18. The van der Waals surface area contributed by atoms with Crippen LogP contribution in [-0.2, 0) is 0 Å². The molecule has 1 aromatic carbocycles. The van der Waals surface area contributed by atoms with Gasteiger partial charge >= 0.3 is 0 Å². The van der Waals surface area contributed by atoms with E-state index in [0.717, 1.165) is 11.3 Å². The first-order chi connectivity index (χ1) is 5.59. The standard InChI is InChI=1S/C8H11N3S/c1-5-2-3-7(6(9)4-5)11-8(10)12/h2-4H,9H2,1H3,(H3,10,11,12). The van der Waals surface area contributed by atoms with Crippen LogP contribution in [0, 0.1) is 6.92 Å². The van der Waals surface area contributed by atoms with Crippen molar-refractivity contribution in [3.63, 3.8) is 0 Å². The van der Waals surface area contributed by atoms with Gasteiger partial charge in [-0.1, -0.05) is 6.07 Å². The topological polar surface area (TPSA) is 64.1 Å². The van der Waals surface area contributed by atoms with Crippen LogP contribution in [0.3, 0.4) is 0 Å². The minimum absolute atomic E-state index is 0.227. The quantitative estimate of drug-likeness (QED) is 0.450. The lowest BCUT2D eigenvalue weighted by Gasteiger charge is -2.07. The Kier molecular flexibility index (Phi) is 2.50. The summed E-state index contributed by atoms with van der Waals surface area (Å²) in [5, 5.41) is 3.01. The number of nitrogen functional groups attached to an aromatic ring is 1. The Morgan fingerprint density at radius 1 is 1.50 bits per heavy atom. The van der Waals surface area contributed by atoms with Gasteiger partial charge < -0.3 is 16.8 Å². The maximum atomic E-state index is 5.69. The van der Waals surface area contributed by atoms with E-state index in [1.807, 2.05) is 25.1 Å². The van der Waals surface area contributed by atoms with E-state index in [2.05, 4.69) is 17.5 Å². The van der Waals surface area contributed by atoms with Crippen molar-refractivity contribution < 1.29 is 0 Å². The third-order valence-electron chi connectivity index (χ3n) is 1.46. The summed E-state index contributed by atoms with van der Waals surface area (Å²) in [4.78, 5) is 0. The van der Waals surface area contributed by atoms with E-state index in [9.17, 15) is 0 Å². The van der Waals surface area contributed by atoms with E-state index in [1.165, 1.54) is 0 Å². The number of thiocarbonyl (C=S) groups is 1. The molecule has 0 saturated carbocycles. The van der Waals surface area contributed by atoms with Crippen molar-refractivity contribution in [2.75, 3.05) is 11.1 Å². The number of aryl methyl sites for hydroxylation is 1. The molecule has 5 N–H and O–H groups in total. The Balaban J connectivity index is 2.93. The molecule has 1 aromatic rings. The zero-order valence-electron chi connectivity index (χ0n) is 6.79. The molecule has 0 aromatic heterocycles. The van der Waals surface area contributed by atoms with Gasteiger partial charge in [-0.3, -0.25) is 0 Å². The Bertz CT molecular complexity index is 309. The average molecular weight is 181 g/mol. The second-order valence-corrected chi connectivity index (χ2v) is 3.02. The van der Waals surface area contributed by atoms with Crippen molar-refractivity contribution in [2.45, 2.75) is 6.92 Å². The lowest BCUT2D eigenvalue weighted by molar-refractivity contribution is 1.46. The summed E-state index contributed by atoms with van der Waals surface area (Å²) < 4.78 is 0. The van der Waals surface area contributed by atoms with Gasteiger partial charge in [0.25, 0.3) is 0 Å². The van der Waals surface area contributed by atoms with Gasteiger partial charge in [-0.25, -0.2) is 0 Å². The highest BCUT2D eigenvalue weighted by atomic mass is 32.1. The average Bonchev–Trinajstić information content (AvgIpc) is 1.94. The van der Waals surface area contributed by atoms with Gasteiger partial charge in [0.1, 0.15) is 0 Å². The molecule has 0 aliphatic carbocycles. The number of hydrogen-bond donors (Lipinski definition) is 3. The molecule has 12 heavy (non-hydrogen) atoms. The van der Waals surface area contributed by atoms with Crippen LogP contribution in [0.1, 0.15) is 5.56 Å². The third kappa shape index (κ3) is 2.10. The van der Waals surface area contributed by atoms with E-state index >= 15 is 0 Å². The van der Waals surface area contributed by atoms with Gasteiger partial charge in [0.05, 0.1) is 11.4 Å². The maximum absolute atomic E-state index is 5.69. The van der Waals surface area contributed by atoms with Crippen molar-refractivity contribution in [1.82, 2.24) is 0 Å². The predicted octanol–water partition coefficient (Wildman–Crippen LogP) is 1.23. The number of nitrogens with two attached hydrogens (primary N) is 2. The van der Waals surface area contributed by atoms with Crippen LogP contribution in [-0.4, -0.2) is 5.11 Å². The number of benzene rings is 1. The zero-order chi connectivity index (χ0) is 9.14. The highest BCUT2D eigenvalue weighted by molar-refractivity contribution is 7.80. The summed E-state index contributed by atoms with van der Waals surface area (Å²) in [7, 11) is 0. The number of rotatable bonds is 1. The summed E-state index contributed by atoms with van der Waals surface area (Å²) >= 11 is 4.68. The van der Waals surface area contributed by atoms with Crippen molar-refractivity contribution in [1.29, 1.82) is 0 Å². The minimum atomic E-state index is 0.227. The molecule has 0 amide bonds. The maximum Gasteiger partial charge on any atom is 0.168 e. The predicted molar refractivity (Wildman–Crippen MR) is 56.0 cm³/mol. The number of anilines is 2. The Labute approximate surface area is 76.7 Å². The van der Waals surface area contributed by atoms with Crippen LogP contribution >= 0.6 is 12.2 Å². The first kappa shape index (κ1) is 8.80. The summed E-state index contributed by atoms with van der Waals surface area (Å²) in [5.74, 6) is 0. The molecule has 1 rings (SSSR count). The fourth-order valence-electron chi connectivity index (χ4n) is 0.929. The summed E-state index contributed by atoms with van der Waals surface area (Å²) in [5.41, 5.74) is 13.5. The van der Waals surface area contributed by atoms with Crippen LogP contribution in [0.2, 0.25) is 0 Å². The molecule has 0 aliphatic rings. The SMILES string of the molecule is Cc1ccc(NC(N)=S)c(N)c1. The summed E-state index contributed by atoms with van der Waals surface area (Å²) in [6.07, 6.45) is 0. The first-order valence-electron chi connectivity index (χ1n) is 3.52. The molecule has 3 nitrogen and oxygen atoms in total. The van der Waals surface area contributed by atoms with E-state index in [4.69, 9.17) is 11.5 Å². The van der Waals surface area contributed by atoms with Gasteiger partial charge in [-0.05, 0) is 36.8 Å². The Morgan fingerprint density at radius 2 is 2.17 bits per heavy atom. The molecule has 0 aliphatic heterocycles. The lowest BCUT2D eigenvalue weighted by Crippen LogP contribution is -2.19. The molecule has 0 saturated heterocycles. The first-order valence-corrected chi connectivity index (χ1v) is 3.93. The minimum Gasteiger partial charge on any atom is -0.397 e. The molecule has 0 atom stereocenters. The molecule has 0 heterocycles. The smallest absolute Gasteiger partial charge is 0.168 e. The van der Waals surface area contributed by atoms with E-state index in [-0.39, 0.29) is 5.11 Å². The Hall–Kier alpha value is -1.29. The van der Waals surface area contributed by atoms with E-state index < -0.39 is 0 Å². The molecule has 4 heteroatoms. The van der Waals surface area contributed by atoms with Crippen molar-refractivity contribution in [3.8, 4) is 0 Å². The molecule has 0 unspecified atom stereocenters. The monoisotopic (exact) mass is 181 g/mol. The van der Waals surface area contributed by atoms with Crippen LogP contribution in [0.15, 0.2) is 18.2 Å². The van der Waals surface area contributed by atoms with Gasteiger partial charge in [0, 0.05) is 0 Å². The van der Waals surface area contributed by atoms with Crippen LogP contribution in [0.4, 0.5) is 11.4 Å². The van der Waals surface area contributed by atoms with Gasteiger partial charge in [0.2, 0.25) is 0 Å². The van der Waals surface area contributed by atoms with Crippen molar-refractivity contribution in [2.24, 2.45) is 5.73 Å². The van der Waals surface area contributed by atoms with Crippen molar-refractivity contribution >= 4 is 28.7 Å². The van der Waals surface area contributed by atoms with E-state index in [0.29, 0.717) is 5.69 Å². The third-order valence-corrected chi connectivity index (χ3v) is 1.57. The molecule has 0 spiro atoms. The molecule has 0 radical (unpaired) electrons. The van der Waals surface area contributed by atoms with Gasteiger partial charge in [-0.2, -0.15) is 0 Å². The molecule has 64 valence electrons. The molecule has 0 fully saturated rings. The zero-order valence-corrected chi connectivity index (χ0v) is 7.61. The second-order valence-electron chi connectivity index (χ2n) is 2.58. The number of hydrogen-bond acceptors (Lipinski definition) is 2. The molecule has 0 bridgehead atoms. The summed E-state index contributed by atoms with van der Waals surface area (Å²) in [6, 6.07) is 5.65. The summed E-state index contributed by atoms with van der Waals surface area (Å²) in [6.45, 7) is 1.97. The second kappa shape index (κ2) is 3.40. The Morgan fingerprint density at radius 3 is 2.67 bits per heavy atom. The number of nitrogens with one attached hydrogen (secondary N) is 1. The van der Waals surface area contributed by atoms with Gasteiger partial charge in [-0.15, -0.1) is 0 Å². The molecular formula is C8H11N3S. The van der Waals surface area contributed by atoms with Crippen LogP contribution < -0.4 is 16.8 Å². The highest BCUT2D eigenvalue weighted by Gasteiger charge is 1.98. The van der Waals surface area contributed by atoms with Gasteiger partial charge in [0.15, 0.2) is 5.11 Å². The molecular weight excluding hydrogens is 170 g/mol. The van der Waals surface area contributed by atoms with Crippen LogP contribution in [0.25, 0.3) is 0 Å².